The molecular formula is C9H7F5O. The molecule has 0 aliphatic carbocycles. The van der Waals surface area contributed by atoms with Gasteiger partial charge in [-0.05, 0) is 0 Å². The Bertz CT molecular complexity index is 341. The van der Waals surface area contributed by atoms with Crippen molar-refractivity contribution in [2.75, 3.05) is 0 Å². The monoisotopic (exact) mass is 226 g/mol. The average Bonchev–Trinajstić information content (AvgIpc) is 2.13. The van der Waals surface area contributed by atoms with Crippen molar-refractivity contribution in [3.63, 3.8) is 0 Å². The molecule has 0 unspecified atom stereocenters. The molecule has 0 heterocycles. The molecular weight excluding hydrogens is 219 g/mol. The summed E-state index contributed by atoms with van der Waals surface area (Å²) in [4.78, 5) is 0. The maximum absolute atomic E-state index is 12.6. The molecule has 0 amide bonds. The molecule has 0 atom stereocenters. The lowest BCUT2D eigenvalue weighted by atomic mass is 10.3. The Balaban J connectivity index is 2.98. The Morgan fingerprint density at radius 2 is 1.60 bits per heavy atom. The van der Waals surface area contributed by atoms with Crippen molar-refractivity contribution >= 4 is 0 Å². The number of alkyl halides is 2. The number of ether oxygens (including phenoxy) is 1. The lowest BCUT2D eigenvalue weighted by Gasteiger charge is -2.16. The topological polar surface area (TPSA) is 9.23 Å². The van der Waals surface area contributed by atoms with Crippen LogP contribution in [0.1, 0.15) is 13.3 Å². The first-order chi connectivity index (χ1) is 6.85. The van der Waals surface area contributed by atoms with Crippen LogP contribution in [0, 0.1) is 17.5 Å². The second kappa shape index (κ2) is 4.04. The smallest absolute Gasteiger partial charge is 0.397 e. The summed E-state index contributed by atoms with van der Waals surface area (Å²) in [5.74, 6) is -5.62. The van der Waals surface area contributed by atoms with Crippen LogP contribution in [0.3, 0.4) is 0 Å². The molecule has 1 aromatic carbocycles. The van der Waals surface area contributed by atoms with Crippen molar-refractivity contribution < 1.29 is 26.7 Å². The summed E-state index contributed by atoms with van der Waals surface area (Å²) in [5, 5.41) is 0. The van der Waals surface area contributed by atoms with E-state index >= 15 is 0 Å². The van der Waals surface area contributed by atoms with Crippen molar-refractivity contribution in [3.05, 3.63) is 29.6 Å². The molecule has 1 nitrogen and oxygen atoms in total. The molecule has 1 aromatic rings. The molecule has 0 aromatic heterocycles. The van der Waals surface area contributed by atoms with Gasteiger partial charge in [-0.15, -0.1) is 0 Å². The fourth-order valence-corrected chi connectivity index (χ4v) is 0.836. The largest absolute Gasteiger partial charge is 0.432 e. The van der Waals surface area contributed by atoms with Gasteiger partial charge in [0.05, 0.1) is 0 Å². The normalized spacial score (nSPS) is 11.6. The van der Waals surface area contributed by atoms with E-state index in [4.69, 9.17) is 0 Å². The van der Waals surface area contributed by atoms with Gasteiger partial charge in [-0.25, -0.2) is 13.2 Å². The zero-order valence-electron chi connectivity index (χ0n) is 7.66. The van der Waals surface area contributed by atoms with Crippen LogP contribution in [0.4, 0.5) is 22.0 Å². The molecule has 0 aliphatic heterocycles. The number of rotatable bonds is 3. The summed E-state index contributed by atoms with van der Waals surface area (Å²) in [6.07, 6.45) is -4.19. The first-order valence-electron chi connectivity index (χ1n) is 4.07. The van der Waals surface area contributed by atoms with Crippen LogP contribution in [-0.2, 0) is 0 Å². The van der Waals surface area contributed by atoms with Crippen molar-refractivity contribution in [2.45, 2.75) is 19.5 Å². The van der Waals surface area contributed by atoms with Crippen molar-refractivity contribution in [1.29, 1.82) is 0 Å². The second-order valence-electron chi connectivity index (χ2n) is 2.79. The standard InChI is InChI=1S/C9H7F5O/c1-2-9(13,14)15-5-3-6(10)8(12)7(11)4-5/h3-4H,2H2,1H3. The Labute approximate surface area is 82.5 Å². The van der Waals surface area contributed by atoms with E-state index in [9.17, 15) is 22.0 Å². The Morgan fingerprint density at radius 3 is 2.00 bits per heavy atom. The lowest BCUT2D eigenvalue weighted by molar-refractivity contribution is -0.177. The highest BCUT2D eigenvalue weighted by Gasteiger charge is 2.29. The summed E-state index contributed by atoms with van der Waals surface area (Å²) in [5.41, 5.74) is 0. The zero-order valence-corrected chi connectivity index (χ0v) is 7.66. The molecule has 0 aliphatic rings. The summed E-state index contributed by atoms with van der Waals surface area (Å²) in [6, 6.07) is 0.726. The van der Waals surface area contributed by atoms with Crippen LogP contribution in [0.15, 0.2) is 12.1 Å². The van der Waals surface area contributed by atoms with Crippen LogP contribution in [0.5, 0.6) is 5.75 Å². The summed E-state index contributed by atoms with van der Waals surface area (Å²) >= 11 is 0. The van der Waals surface area contributed by atoms with Crippen LogP contribution in [-0.4, -0.2) is 6.11 Å². The van der Waals surface area contributed by atoms with Gasteiger partial charge in [0.2, 0.25) is 0 Å². The summed E-state index contributed by atoms with van der Waals surface area (Å²) in [6.45, 7) is 1.14. The fourth-order valence-electron chi connectivity index (χ4n) is 0.836. The highest BCUT2D eigenvalue weighted by molar-refractivity contribution is 5.25. The van der Waals surface area contributed by atoms with E-state index in [-0.39, 0.29) is 0 Å². The maximum atomic E-state index is 12.6. The minimum absolute atomic E-state index is 0.363. The van der Waals surface area contributed by atoms with Crippen LogP contribution >= 0.6 is 0 Å². The minimum atomic E-state index is -3.53. The molecule has 0 saturated heterocycles. The Hall–Kier alpha value is -1.33. The minimum Gasteiger partial charge on any atom is -0.432 e. The number of benzene rings is 1. The van der Waals surface area contributed by atoms with E-state index in [0.29, 0.717) is 12.1 Å². The number of hydrogen-bond acceptors (Lipinski definition) is 1. The number of halogens is 5. The second-order valence-corrected chi connectivity index (χ2v) is 2.79. The van der Waals surface area contributed by atoms with E-state index in [0.717, 1.165) is 6.92 Å². The van der Waals surface area contributed by atoms with E-state index in [2.05, 4.69) is 4.74 Å². The van der Waals surface area contributed by atoms with Gasteiger partial charge in [-0.3, -0.25) is 0 Å². The molecule has 0 spiro atoms. The molecule has 0 fully saturated rings. The van der Waals surface area contributed by atoms with Gasteiger partial charge in [-0.1, -0.05) is 6.92 Å². The molecule has 6 heteroatoms. The van der Waals surface area contributed by atoms with Gasteiger partial charge in [0.1, 0.15) is 5.75 Å². The van der Waals surface area contributed by atoms with Crippen LogP contribution < -0.4 is 4.74 Å². The molecule has 0 radical (unpaired) electrons. The third kappa shape index (κ3) is 2.81. The van der Waals surface area contributed by atoms with Crippen molar-refractivity contribution in [3.8, 4) is 5.75 Å². The SMILES string of the molecule is CCC(F)(F)Oc1cc(F)c(F)c(F)c1. The molecule has 0 N–H and O–H groups in total. The predicted molar refractivity (Wildman–Crippen MR) is 42.2 cm³/mol. The van der Waals surface area contributed by atoms with Crippen LogP contribution in [0.2, 0.25) is 0 Å². The van der Waals surface area contributed by atoms with Crippen molar-refractivity contribution in [1.82, 2.24) is 0 Å². The number of hydrogen-bond donors (Lipinski definition) is 0. The van der Waals surface area contributed by atoms with Gasteiger partial charge < -0.3 is 4.74 Å². The predicted octanol–water partition coefficient (Wildman–Crippen LogP) is 3.49. The highest BCUT2D eigenvalue weighted by Crippen LogP contribution is 2.26. The first kappa shape index (κ1) is 11.7. The van der Waals surface area contributed by atoms with Gasteiger partial charge in [0.15, 0.2) is 17.5 Å². The molecule has 0 bridgehead atoms. The van der Waals surface area contributed by atoms with Gasteiger partial charge >= 0.3 is 6.11 Å². The zero-order chi connectivity index (χ0) is 11.6. The van der Waals surface area contributed by atoms with E-state index < -0.39 is 35.7 Å². The third-order valence-corrected chi connectivity index (χ3v) is 1.64. The third-order valence-electron chi connectivity index (χ3n) is 1.64. The highest BCUT2D eigenvalue weighted by atomic mass is 19.3. The van der Waals surface area contributed by atoms with E-state index in [1.807, 2.05) is 0 Å². The van der Waals surface area contributed by atoms with Gasteiger partial charge in [0, 0.05) is 18.6 Å². The average molecular weight is 226 g/mol. The molecule has 0 saturated carbocycles. The Morgan fingerprint density at radius 1 is 1.13 bits per heavy atom. The lowest BCUT2D eigenvalue weighted by Crippen LogP contribution is -2.23. The first-order valence-corrected chi connectivity index (χ1v) is 4.07. The van der Waals surface area contributed by atoms with Crippen LogP contribution in [0.25, 0.3) is 0 Å². The van der Waals surface area contributed by atoms with Crippen molar-refractivity contribution in [2.24, 2.45) is 0 Å². The van der Waals surface area contributed by atoms with E-state index in [1.54, 1.807) is 0 Å². The summed E-state index contributed by atoms with van der Waals surface area (Å²) in [7, 11) is 0. The van der Waals surface area contributed by atoms with Gasteiger partial charge in [0.25, 0.3) is 0 Å². The van der Waals surface area contributed by atoms with Gasteiger partial charge in [-0.2, -0.15) is 8.78 Å². The van der Waals surface area contributed by atoms with E-state index in [1.165, 1.54) is 0 Å². The molecule has 84 valence electrons. The quantitative estimate of drug-likeness (QED) is 0.566. The molecule has 15 heavy (non-hydrogen) atoms. The fraction of sp³-hybridized carbons (Fsp3) is 0.333. The molecule has 1 rings (SSSR count). The Kier molecular flexibility index (Phi) is 3.16. The summed E-state index contributed by atoms with van der Waals surface area (Å²) < 4.78 is 66.9. The maximum Gasteiger partial charge on any atom is 0.397 e.